The number of rotatable bonds is 2. The van der Waals surface area contributed by atoms with E-state index in [-0.39, 0.29) is 24.0 Å². The molecule has 1 saturated carbocycles. The van der Waals surface area contributed by atoms with Gasteiger partial charge in [0.1, 0.15) is 11.0 Å². The highest BCUT2D eigenvalue weighted by Crippen LogP contribution is 2.38. The molecule has 1 aromatic rings. The van der Waals surface area contributed by atoms with E-state index < -0.39 is 5.92 Å². The Labute approximate surface area is 84.5 Å². The lowest BCUT2D eigenvalue weighted by Gasteiger charge is -2.35. The van der Waals surface area contributed by atoms with Gasteiger partial charge in [0.05, 0.1) is 12.4 Å². The number of aromatic nitrogens is 2. The van der Waals surface area contributed by atoms with Crippen molar-refractivity contribution in [3.05, 3.63) is 17.5 Å². The molecule has 0 aliphatic heterocycles. The molecule has 3 nitrogen and oxygen atoms in total. The second-order valence-corrected chi connectivity index (χ2v) is 3.72. The summed E-state index contributed by atoms with van der Waals surface area (Å²) in [4.78, 5) is 7.68. The van der Waals surface area contributed by atoms with E-state index in [9.17, 15) is 8.78 Å². The van der Waals surface area contributed by atoms with Gasteiger partial charge in [0.25, 0.3) is 5.92 Å². The highest BCUT2D eigenvalue weighted by molar-refractivity contribution is 6.29. The number of hydrogen-bond donors (Lipinski definition) is 1. The van der Waals surface area contributed by atoms with Crippen LogP contribution in [0.2, 0.25) is 5.15 Å². The SMILES string of the molecule is FC1(F)CC(Nc2cnc(Cl)cn2)C1. The number of alkyl halides is 2. The molecule has 1 N–H and O–H groups in total. The highest BCUT2D eigenvalue weighted by Gasteiger charge is 2.45. The molecule has 0 aromatic carbocycles. The molecule has 0 radical (unpaired) electrons. The third-order valence-electron chi connectivity index (χ3n) is 2.06. The fraction of sp³-hybridized carbons (Fsp3) is 0.500. The molecular weight excluding hydrogens is 212 g/mol. The average molecular weight is 220 g/mol. The van der Waals surface area contributed by atoms with Crippen molar-refractivity contribution in [2.45, 2.75) is 24.8 Å². The van der Waals surface area contributed by atoms with Crippen molar-refractivity contribution in [2.75, 3.05) is 5.32 Å². The first-order valence-corrected chi connectivity index (χ1v) is 4.55. The van der Waals surface area contributed by atoms with Crippen molar-refractivity contribution in [2.24, 2.45) is 0 Å². The molecule has 6 heteroatoms. The van der Waals surface area contributed by atoms with E-state index in [1.165, 1.54) is 12.4 Å². The fourth-order valence-electron chi connectivity index (χ4n) is 1.36. The molecule has 0 atom stereocenters. The summed E-state index contributed by atoms with van der Waals surface area (Å²) in [6.45, 7) is 0. The molecule has 76 valence electrons. The first kappa shape index (κ1) is 9.58. The van der Waals surface area contributed by atoms with Crippen LogP contribution in [0.3, 0.4) is 0 Å². The standard InChI is InChI=1S/C8H8ClF2N3/c9-6-3-13-7(4-12-6)14-5-1-8(10,11)2-5/h3-5H,1-2H2,(H,13,14). The van der Waals surface area contributed by atoms with Crippen LogP contribution in [0.15, 0.2) is 12.4 Å². The van der Waals surface area contributed by atoms with Gasteiger partial charge in [-0.2, -0.15) is 0 Å². The van der Waals surface area contributed by atoms with E-state index in [0.717, 1.165) is 0 Å². The average Bonchev–Trinajstić information content (AvgIpc) is 2.06. The Bertz CT molecular complexity index is 320. The lowest BCUT2D eigenvalue weighted by atomic mass is 9.88. The maximum absolute atomic E-state index is 12.5. The molecule has 14 heavy (non-hydrogen) atoms. The molecule has 1 aliphatic rings. The van der Waals surface area contributed by atoms with Crippen LogP contribution < -0.4 is 5.32 Å². The minimum Gasteiger partial charge on any atom is -0.366 e. The second-order valence-electron chi connectivity index (χ2n) is 3.33. The minimum atomic E-state index is -2.52. The van der Waals surface area contributed by atoms with Crippen molar-refractivity contribution >= 4 is 17.4 Å². The van der Waals surface area contributed by atoms with E-state index in [2.05, 4.69) is 15.3 Å². The van der Waals surface area contributed by atoms with Gasteiger partial charge < -0.3 is 5.32 Å². The molecule has 0 unspecified atom stereocenters. The van der Waals surface area contributed by atoms with Crippen molar-refractivity contribution in [3.63, 3.8) is 0 Å². The van der Waals surface area contributed by atoms with Crippen LogP contribution in [-0.4, -0.2) is 21.9 Å². The molecule has 0 bridgehead atoms. The Hall–Kier alpha value is -0.970. The number of hydrogen-bond acceptors (Lipinski definition) is 3. The van der Waals surface area contributed by atoms with Crippen LogP contribution in [0.5, 0.6) is 0 Å². The Morgan fingerprint density at radius 2 is 2.07 bits per heavy atom. The maximum atomic E-state index is 12.5. The number of nitrogens with zero attached hydrogens (tertiary/aromatic N) is 2. The predicted octanol–water partition coefficient (Wildman–Crippen LogP) is 2.34. The Balaban J connectivity index is 1.90. The van der Waals surface area contributed by atoms with Gasteiger partial charge in [-0.3, -0.25) is 0 Å². The van der Waals surface area contributed by atoms with E-state index in [1.807, 2.05) is 0 Å². The van der Waals surface area contributed by atoms with Crippen molar-refractivity contribution in [1.29, 1.82) is 0 Å². The second kappa shape index (κ2) is 3.31. The number of halogens is 3. The molecule has 0 amide bonds. The van der Waals surface area contributed by atoms with E-state index in [1.54, 1.807) is 0 Å². The summed E-state index contributed by atoms with van der Waals surface area (Å²) in [5, 5.41) is 3.14. The lowest BCUT2D eigenvalue weighted by Crippen LogP contribution is -2.44. The van der Waals surface area contributed by atoms with Crippen LogP contribution in [0.25, 0.3) is 0 Å². The predicted molar refractivity (Wildman–Crippen MR) is 48.6 cm³/mol. The Morgan fingerprint density at radius 1 is 1.36 bits per heavy atom. The molecule has 2 rings (SSSR count). The number of nitrogens with one attached hydrogen (secondary N) is 1. The lowest BCUT2D eigenvalue weighted by molar-refractivity contribution is -0.0794. The van der Waals surface area contributed by atoms with Gasteiger partial charge in [-0.15, -0.1) is 0 Å². The van der Waals surface area contributed by atoms with E-state index in [4.69, 9.17) is 11.6 Å². The summed E-state index contributed by atoms with van der Waals surface area (Å²) in [5.74, 6) is -2.03. The molecule has 1 fully saturated rings. The third-order valence-corrected chi connectivity index (χ3v) is 2.26. The van der Waals surface area contributed by atoms with E-state index >= 15 is 0 Å². The van der Waals surface area contributed by atoms with Crippen LogP contribution in [0.1, 0.15) is 12.8 Å². The zero-order chi connectivity index (χ0) is 10.2. The largest absolute Gasteiger partial charge is 0.366 e. The molecule has 1 aromatic heterocycles. The Morgan fingerprint density at radius 3 is 2.57 bits per heavy atom. The van der Waals surface area contributed by atoms with Gasteiger partial charge in [0, 0.05) is 18.9 Å². The van der Waals surface area contributed by atoms with Crippen LogP contribution >= 0.6 is 11.6 Å². The van der Waals surface area contributed by atoms with Crippen molar-refractivity contribution in [3.8, 4) is 0 Å². The van der Waals surface area contributed by atoms with Crippen molar-refractivity contribution < 1.29 is 8.78 Å². The normalized spacial score (nSPS) is 20.2. The number of anilines is 1. The van der Waals surface area contributed by atoms with Gasteiger partial charge in [0.2, 0.25) is 0 Å². The van der Waals surface area contributed by atoms with Crippen molar-refractivity contribution in [1.82, 2.24) is 9.97 Å². The van der Waals surface area contributed by atoms with Gasteiger partial charge >= 0.3 is 0 Å². The first-order chi connectivity index (χ1) is 6.55. The van der Waals surface area contributed by atoms with Gasteiger partial charge in [-0.25, -0.2) is 18.7 Å². The summed E-state index contributed by atoms with van der Waals surface area (Å²) in [5.41, 5.74) is 0. The highest BCUT2D eigenvalue weighted by atomic mass is 35.5. The summed E-state index contributed by atoms with van der Waals surface area (Å²) >= 11 is 5.52. The van der Waals surface area contributed by atoms with Crippen LogP contribution in [0.4, 0.5) is 14.6 Å². The smallest absolute Gasteiger partial charge is 0.252 e. The zero-order valence-electron chi connectivity index (χ0n) is 7.17. The topological polar surface area (TPSA) is 37.8 Å². The molecular formula is C8H8ClF2N3. The van der Waals surface area contributed by atoms with Crippen LogP contribution in [0, 0.1) is 0 Å². The first-order valence-electron chi connectivity index (χ1n) is 4.17. The zero-order valence-corrected chi connectivity index (χ0v) is 7.93. The maximum Gasteiger partial charge on any atom is 0.252 e. The summed E-state index contributed by atoms with van der Waals surface area (Å²) in [6, 6.07) is -0.208. The summed E-state index contributed by atoms with van der Waals surface area (Å²) < 4.78 is 24.9. The summed E-state index contributed by atoms with van der Waals surface area (Å²) in [7, 11) is 0. The third kappa shape index (κ3) is 2.09. The fourth-order valence-corrected chi connectivity index (χ4v) is 1.46. The van der Waals surface area contributed by atoms with Gasteiger partial charge in [-0.05, 0) is 0 Å². The minimum absolute atomic E-state index is 0.142. The Kier molecular flexibility index (Phi) is 2.26. The van der Waals surface area contributed by atoms with Gasteiger partial charge in [-0.1, -0.05) is 11.6 Å². The molecule has 1 aliphatic carbocycles. The van der Waals surface area contributed by atoms with Gasteiger partial charge in [0.15, 0.2) is 0 Å². The van der Waals surface area contributed by atoms with Crippen LogP contribution in [-0.2, 0) is 0 Å². The quantitative estimate of drug-likeness (QED) is 0.830. The molecule has 1 heterocycles. The molecule has 0 spiro atoms. The summed E-state index contributed by atoms with van der Waals surface area (Å²) in [6.07, 6.45) is 2.52. The monoisotopic (exact) mass is 219 g/mol. The molecule has 0 saturated heterocycles. The van der Waals surface area contributed by atoms with E-state index in [0.29, 0.717) is 5.82 Å².